The minimum atomic E-state index is -0.0197. The van der Waals surface area contributed by atoms with Gasteiger partial charge in [0.25, 0.3) is 0 Å². The molecule has 0 spiro atoms. The molecule has 1 atom stereocenters. The van der Waals surface area contributed by atoms with Crippen LogP contribution < -0.4 is 0 Å². The van der Waals surface area contributed by atoms with E-state index in [1.165, 1.54) is 0 Å². The van der Waals surface area contributed by atoms with E-state index in [0.717, 1.165) is 31.5 Å². The molecule has 2 rings (SSSR count). The van der Waals surface area contributed by atoms with Gasteiger partial charge in [0, 0.05) is 13.0 Å². The zero-order chi connectivity index (χ0) is 10.8. The summed E-state index contributed by atoms with van der Waals surface area (Å²) in [4.78, 5) is 11.8. The summed E-state index contributed by atoms with van der Waals surface area (Å²) in [6.07, 6.45) is 5.39. The lowest BCUT2D eigenvalue weighted by atomic mass is 9.85. The van der Waals surface area contributed by atoms with Crippen molar-refractivity contribution in [2.45, 2.75) is 45.1 Å². The second-order valence-corrected chi connectivity index (χ2v) is 4.37. The van der Waals surface area contributed by atoms with E-state index in [9.17, 15) is 4.79 Å². The van der Waals surface area contributed by atoms with Crippen LogP contribution in [0.15, 0.2) is 6.20 Å². The number of hydrogen-bond acceptors (Lipinski definition) is 2. The maximum Gasteiger partial charge on any atom is 0.141 e. The summed E-state index contributed by atoms with van der Waals surface area (Å²) in [6, 6.07) is 0. The highest BCUT2D eigenvalue weighted by molar-refractivity contribution is 6.31. The standard InChI is InChI=1S/C11H15ClN2O/c1-2-14-11(9(12)7-13-14)8-5-3-4-6-10(8)15/h7-8H,2-6H2,1H3. The highest BCUT2D eigenvalue weighted by Crippen LogP contribution is 2.33. The summed E-state index contributed by atoms with van der Waals surface area (Å²) in [5.41, 5.74) is 0.920. The number of hydrogen-bond donors (Lipinski definition) is 0. The Morgan fingerprint density at radius 2 is 2.40 bits per heavy atom. The molecule has 0 saturated heterocycles. The monoisotopic (exact) mass is 226 g/mol. The van der Waals surface area contributed by atoms with Gasteiger partial charge in [-0.3, -0.25) is 9.48 Å². The number of halogens is 1. The normalized spacial score (nSPS) is 22.0. The second-order valence-electron chi connectivity index (χ2n) is 3.96. The summed E-state index contributed by atoms with van der Waals surface area (Å²) >= 11 is 6.09. The summed E-state index contributed by atoms with van der Waals surface area (Å²) in [5, 5.41) is 4.81. The molecule has 1 aliphatic rings. The first-order valence-electron chi connectivity index (χ1n) is 5.48. The smallest absolute Gasteiger partial charge is 0.141 e. The van der Waals surface area contributed by atoms with Gasteiger partial charge in [-0.1, -0.05) is 18.0 Å². The van der Waals surface area contributed by atoms with E-state index in [4.69, 9.17) is 11.6 Å². The van der Waals surface area contributed by atoms with Gasteiger partial charge in [-0.25, -0.2) is 0 Å². The van der Waals surface area contributed by atoms with Crippen LogP contribution in [0, 0.1) is 0 Å². The maximum absolute atomic E-state index is 11.8. The predicted octanol–water partition coefficient (Wildman–Crippen LogP) is 2.78. The summed E-state index contributed by atoms with van der Waals surface area (Å²) in [5.74, 6) is 0.298. The van der Waals surface area contributed by atoms with Gasteiger partial charge in [-0.15, -0.1) is 0 Å². The SMILES string of the molecule is CCn1ncc(Cl)c1C1CCCCC1=O. The average molecular weight is 227 g/mol. The van der Waals surface area contributed by atoms with Crippen molar-refractivity contribution in [3.63, 3.8) is 0 Å². The van der Waals surface area contributed by atoms with E-state index < -0.39 is 0 Å². The number of carbonyl (C=O) groups is 1. The lowest BCUT2D eigenvalue weighted by Gasteiger charge is -2.21. The molecule has 4 heteroatoms. The molecule has 1 aliphatic carbocycles. The lowest BCUT2D eigenvalue weighted by molar-refractivity contribution is -0.122. The largest absolute Gasteiger partial charge is 0.299 e. The molecule has 3 nitrogen and oxygen atoms in total. The molecule has 1 unspecified atom stereocenters. The molecule has 0 bridgehead atoms. The molecule has 0 radical (unpaired) electrons. The van der Waals surface area contributed by atoms with Crippen molar-refractivity contribution in [1.29, 1.82) is 0 Å². The van der Waals surface area contributed by atoms with Gasteiger partial charge in [0.1, 0.15) is 5.78 Å². The highest BCUT2D eigenvalue weighted by atomic mass is 35.5. The van der Waals surface area contributed by atoms with E-state index in [2.05, 4.69) is 5.10 Å². The van der Waals surface area contributed by atoms with Crippen LogP contribution in [0.3, 0.4) is 0 Å². The lowest BCUT2D eigenvalue weighted by Crippen LogP contribution is -2.20. The van der Waals surface area contributed by atoms with Crippen molar-refractivity contribution >= 4 is 17.4 Å². The van der Waals surface area contributed by atoms with Crippen molar-refractivity contribution in [3.8, 4) is 0 Å². The molecule has 1 aromatic heterocycles. The van der Waals surface area contributed by atoms with Gasteiger partial charge < -0.3 is 0 Å². The Bertz CT molecular complexity index is 373. The van der Waals surface area contributed by atoms with Gasteiger partial charge in [-0.2, -0.15) is 5.10 Å². The molecule has 82 valence electrons. The van der Waals surface area contributed by atoms with Crippen LogP contribution in [0.2, 0.25) is 5.02 Å². The van der Waals surface area contributed by atoms with E-state index in [0.29, 0.717) is 17.2 Å². The Hall–Kier alpha value is -0.830. The quantitative estimate of drug-likeness (QED) is 0.777. The summed E-state index contributed by atoms with van der Waals surface area (Å²) in [7, 11) is 0. The highest BCUT2D eigenvalue weighted by Gasteiger charge is 2.28. The fraction of sp³-hybridized carbons (Fsp3) is 0.636. The van der Waals surface area contributed by atoms with Crippen LogP contribution in [-0.4, -0.2) is 15.6 Å². The molecule has 1 heterocycles. The molecule has 0 amide bonds. The van der Waals surface area contributed by atoms with Crippen LogP contribution in [0.4, 0.5) is 0 Å². The molecule has 1 aromatic rings. The average Bonchev–Trinajstić information content (AvgIpc) is 2.60. The van der Waals surface area contributed by atoms with Crippen molar-refractivity contribution < 1.29 is 4.79 Å². The third kappa shape index (κ3) is 1.93. The molecular formula is C11H15ClN2O. The number of rotatable bonds is 2. The first kappa shape index (κ1) is 10.7. The first-order chi connectivity index (χ1) is 7.24. The number of Topliss-reactive ketones (excluding diaryl/α,β-unsaturated/α-hetero) is 1. The molecule has 0 aliphatic heterocycles. The fourth-order valence-corrected chi connectivity index (χ4v) is 2.52. The Labute approximate surface area is 94.4 Å². The minimum absolute atomic E-state index is 0.0197. The number of carbonyl (C=O) groups excluding carboxylic acids is 1. The van der Waals surface area contributed by atoms with E-state index in [-0.39, 0.29) is 5.92 Å². The van der Waals surface area contributed by atoms with Gasteiger partial charge in [0.05, 0.1) is 22.8 Å². The van der Waals surface area contributed by atoms with Crippen molar-refractivity contribution in [2.24, 2.45) is 0 Å². The third-order valence-corrected chi connectivity index (χ3v) is 3.31. The van der Waals surface area contributed by atoms with Gasteiger partial charge in [-0.05, 0) is 19.8 Å². The summed E-state index contributed by atoms with van der Waals surface area (Å²) in [6.45, 7) is 2.78. The van der Waals surface area contributed by atoms with Crippen LogP contribution >= 0.6 is 11.6 Å². The van der Waals surface area contributed by atoms with Gasteiger partial charge in [0.2, 0.25) is 0 Å². The number of aryl methyl sites for hydroxylation is 1. The topological polar surface area (TPSA) is 34.9 Å². The third-order valence-electron chi connectivity index (χ3n) is 3.02. The number of aromatic nitrogens is 2. The molecular weight excluding hydrogens is 212 g/mol. The molecule has 0 N–H and O–H groups in total. The Morgan fingerprint density at radius 3 is 3.07 bits per heavy atom. The summed E-state index contributed by atoms with van der Waals surface area (Å²) < 4.78 is 1.84. The fourth-order valence-electron chi connectivity index (χ4n) is 2.24. The Kier molecular flexibility index (Phi) is 3.10. The molecule has 1 fully saturated rings. The predicted molar refractivity (Wildman–Crippen MR) is 59.1 cm³/mol. The van der Waals surface area contributed by atoms with Crippen LogP contribution in [-0.2, 0) is 11.3 Å². The van der Waals surface area contributed by atoms with Crippen LogP contribution in [0.25, 0.3) is 0 Å². The first-order valence-corrected chi connectivity index (χ1v) is 5.85. The van der Waals surface area contributed by atoms with Crippen LogP contribution in [0.5, 0.6) is 0 Å². The zero-order valence-electron chi connectivity index (χ0n) is 8.87. The molecule has 0 aromatic carbocycles. The maximum atomic E-state index is 11.8. The van der Waals surface area contributed by atoms with Crippen molar-refractivity contribution in [1.82, 2.24) is 9.78 Å². The van der Waals surface area contributed by atoms with Gasteiger partial charge >= 0.3 is 0 Å². The minimum Gasteiger partial charge on any atom is -0.299 e. The van der Waals surface area contributed by atoms with Crippen molar-refractivity contribution in [2.75, 3.05) is 0 Å². The van der Waals surface area contributed by atoms with Crippen molar-refractivity contribution in [3.05, 3.63) is 16.9 Å². The van der Waals surface area contributed by atoms with E-state index in [1.54, 1.807) is 6.20 Å². The zero-order valence-corrected chi connectivity index (χ0v) is 9.63. The van der Waals surface area contributed by atoms with E-state index >= 15 is 0 Å². The van der Waals surface area contributed by atoms with E-state index in [1.807, 2.05) is 11.6 Å². The van der Waals surface area contributed by atoms with Gasteiger partial charge in [0.15, 0.2) is 0 Å². The Morgan fingerprint density at radius 1 is 1.60 bits per heavy atom. The second kappa shape index (κ2) is 4.35. The molecule has 15 heavy (non-hydrogen) atoms. The van der Waals surface area contributed by atoms with Crippen LogP contribution in [0.1, 0.15) is 44.2 Å². The number of ketones is 1. The molecule has 1 saturated carbocycles. The Balaban J connectivity index is 2.34. The number of nitrogens with zero attached hydrogens (tertiary/aromatic N) is 2.